The summed E-state index contributed by atoms with van der Waals surface area (Å²) < 4.78 is 15.3. The van der Waals surface area contributed by atoms with E-state index < -0.39 is 0 Å². The van der Waals surface area contributed by atoms with Gasteiger partial charge in [0.1, 0.15) is 17.2 Å². The number of pyridine rings is 1. The van der Waals surface area contributed by atoms with Crippen molar-refractivity contribution in [3.05, 3.63) is 58.8 Å². The third-order valence-corrected chi connectivity index (χ3v) is 3.85. The lowest BCUT2D eigenvalue weighted by Crippen LogP contribution is -2.10. The molecule has 108 valence electrons. The Labute approximate surface area is 131 Å². The van der Waals surface area contributed by atoms with Crippen LogP contribution in [-0.4, -0.2) is 14.5 Å². The van der Waals surface area contributed by atoms with Crippen LogP contribution in [0.4, 0.5) is 4.39 Å². The van der Waals surface area contributed by atoms with E-state index in [1.807, 2.05) is 17.6 Å². The Morgan fingerprint density at radius 3 is 2.86 bits per heavy atom. The van der Waals surface area contributed by atoms with E-state index in [0.717, 1.165) is 5.56 Å². The van der Waals surface area contributed by atoms with E-state index >= 15 is 0 Å². The maximum Gasteiger partial charge on any atom is 0.160 e. The number of aromatic nitrogens is 3. The van der Waals surface area contributed by atoms with Gasteiger partial charge in [0.25, 0.3) is 0 Å². The van der Waals surface area contributed by atoms with Crippen molar-refractivity contribution in [2.45, 2.75) is 18.8 Å². The second-order valence-electron chi connectivity index (χ2n) is 4.76. The molecule has 1 unspecified atom stereocenters. The molecule has 0 spiro atoms. The Kier molecular flexibility index (Phi) is 3.83. The predicted octanol–water partition coefficient (Wildman–Crippen LogP) is 4.57. The summed E-state index contributed by atoms with van der Waals surface area (Å²) >= 11 is 11.9. The molecule has 0 bridgehead atoms. The molecule has 3 nitrogen and oxygen atoms in total. The van der Waals surface area contributed by atoms with Crippen molar-refractivity contribution < 1.29 is 4.39 Å². The van der Waals surface area contributed by atoms with E-state index in [-0.39, 0.29) is 17.7 Å². The van der Waals surface area contributed by atoms with Crippen LogP contribution in [0.1, 0.15) is 24.4 Å². The molecule has 0 aliphatic rings. The first-order valence-electron chi connectivity index (χ1n) is 6.44. The Morgan fingerprint density at radius 2 is 2.14 bits per heavy atom. The molecule has 3 rings (SSSR count). The molecule has 0 aliphatic heterocycles. The van der Waals surface area contributed by atoms with Gasteiger partial charge >= 0.3 is 0 Å². The average Bonchev–Trinajstić information content (AvgIpc) is 2.83. The molecule has 0 N–H and O–H groups in total. The standard InChI is InChI=1S/C15H12Cl2FN3/c1-9(10-3-2-4-12(18)5-10)21-14(7-16)20-13-6-11(17)8-19-15(13)21/h2-6,8-9H,7H2,1H3. The second-order valence-corrected chi connectivity index (χ2v) is 5.46. The Morgan fingerprint density at radius 1 is 1.33 bits per heavy atom. The fourth-order valence-electron chi connectivity index (χ4n) is 2.42. The summed E-state index contributed by atoms with van der Waals surface area (Å²) in [6, 6.07) is 8.09. The van der Waals surface area contributed by atoms with E-state index in [2.05, 4.69) is 9.97 Å². The van der Waals surface area contributed by atoms with Gasteiger partial charge in [0.05, 0.1) is 16.9 Å². The first kappa shape index (κ1) is 14.3. The highest BCUT2D eigenvalue weighted by Crippen LogP contribution is 2.27. The van der Waals surface area contributed by atoms with Crippen LogP contribution in [-0.2, 0) is 5.88 Å². The maximum atomic E-state index is 13.4. The third-order valence-electron chi connectivity index (χ3n) is 3.41. The van der Waals surface area contributed by atoms with Gasteiger partial charge in [-0.2, -0.15) is 0 Å². The minimum Gasteiger partial charge on any atom is -0.304 e. The quantitative estimate of drug-likeness (QED) is 0.661. The molecule has 6 heteroatoms. The lowest BCUT2D eigenvalue weighted by molar-refractivity contribution is 0.600. The molecule has 2 heterocycles. The summed E-state index contributed by atoms with van der Waals surface area (Å²) in [5.74, 6) is 0.651. The topological polar surface area (TPSA) is 30.7 Å². The first-order chi connectivity index (χ1) is 10.1. The molecule has 21 heavy (non-hydrogen) atoms. The molecule has 2 aromatic heterocycles. The van der Waals surface area contributed by atoms with E-state index in [0.29, 0.717) is 22.0 Å². The van der Waals surface area contributed by atoms with Crippen molar-refractivity contribution in [3.8, 4) is 0 Å². The Bertz CT molecular complexity index is 801. The highest BCUT2D eigenvalue weighted by atomic mass is 35.5. The van der Waals surface area contributed by atoms with Crippen molar-refractivity contribution in [2.24, 2.45) is 0 Å². The number of fused-ring (bicyclic) bond motifs is 1. The SMILES string of the molecule is CC(c1cccc(F)c1)n1c(CCl)nc2cc(Cl)cnc21. The smallest absolute Gasteiger partial charge is 0.160 e. The zero-order valence-electron chi connectivity index (χ0n) is 11.2. The molecule has 0 saturated carbocycles. The van der Waals surface area contributed by atoms with Crippen molar-refractivity contribution >= 4 is 34.4 Å². The van der Waals surface area contributed by atoms with Crippen LogP contribution in [0.15, 0.2) is 36.5 Å². The maximum absolute atomic E-state index is 13.4. The highest BCUT2D eigenvalue weighted by molar-refractivity contribution is 6.31. The molecule has 0 aliphatic carbocycles. The van der Waals surface area contributed by atoms with E-state index in [1.54, 1.807) is 18.3 Å². The van der Waals surface area contributed by atoms with Gasteiger partial charge in [0, 0.05) is 6.20 Å². The van der Waals surface area contributed by atoms with Gasteiger partial charge in [-0.1, -0.05) is 23.7 Å². The number of hydrogen-bond donors (Lipinski definition) is 0. The lowest BCUT2D eigenvalue weighted by atomic mass is 10.1. The number of hydrogen-bond acceptors (Lipinski definition) is 2. The number of halogens is 3. The van der Waals surface area contributed by atoms with Crippen LogP contribution in [0.5, 0.6) is 0 Å². The number of alkyl halides is 1. The number of rotatable bonds is 3. The average molecular weight is 324 g/mol. The third kappa shape index (κ3) is 2.61. The summed E-state index contributed by atoms with van der Waals surface area (Å²) in [6.07, 6.45) is 1.57. The molecule has 0 fully saturated rings. The second kappa shape index (κ2) is 5.62. The predicted molar refractivity (Wildman–Crippen MR) is 82.3 cm³/mol. The van der Waals surface area contributed by atoms with E-state index in [4.69, 9.17) is 23.2 Å². The normalized spacial score (nSPS) is 12.8. The van der Waals surface area contributed by atoms with Gasteiger partial charge in [0.15, 0.2) is 5.65 Å². The summed E-state index contributed by atoms with van der Waals surface area (Å²) in [5, 5.41) is 0.520. The molecule has 0 radical (unpaired) electrons. The number of nitrogens with zero attached hydrogens (tertiary/aromatic N) is 3. The highest BCUT2D eigenvalue weighted by Gasteiger charge is 2.18. The Hall–Kier alpha value is -1.65. The Balaban J connectivity index is 2.18. The van der Waals surface area contributed by atoms with Gasteiger partial charge < -0.3 is 4.57 Å². The molecule has 1 atom stereocenters. The van der Waals surface area contributed by atoms with Crippen LogP contribution < -0.4 is 0 Å². The molecular weight excluding hydrogens is 312 g/mol. The summed E-state index contributed by atoms with van der Waals surface area (Å²) in [5.41, 5.74) is 2.20. The summed E-state index contributed by atoms with van der Waals surface area (Å²) in [7, 11) is 0. The van der Waals surface area contributed by atoms with Crippen LogP contribution in [0, 0.1) is 5.82 Å². The van der Waals surface area contributed by atoms with Crippen LogP contribution >= 0.6 is 23.2 Å². The molecule has 0 amide bonds. The molecule has 0 saturated heterocycles. The van der Waals surface area contributed by atoms with Gasteiger partial charge in [-0.3, -0.25) is 0 Å². The van der Waals surface area contributed by atoms with Gasteiger partial charge in [-0.25, -0.2) is 14.4 Å². The van der Waals surface area contributed by atoms with E-state index in [1.165, 1.54) is 12.1 Å². The van der Waals surface area contributed by atoms with Crippen LogP contribution in [0.3, 0.4) is 0 Å². The van der Waals surface area contributed by atoms with Gasteiger partial charge in [-0.05, 0) is 30.7 Å². The van der Waals surface area contributed by atoms with Gasteiger partial charge in [-0.15, -0.1) is 11.6 Å². The summed E-state index contributed by atoms with van der Waals surface area (Å²) in [4.78, 5) is 8.79. The zero-order valence-corrected chi connectivity index (χ0v) is 12.7. The van der Waals surface area contributed by atoms with Crippen molar-refractivity contribution in [3.63, 3.8) is 0 Å². The number of benzene rings is 1. The minimum atomic E-state index is -0.271. The van der Waals surface area contributed by atoms with Crippen LogP contribution in [0.2, 0.25) is 5.02 Å². The monoisotopic (exact) mass is 323 g/mol. The van der Waals surface area contributed by atoms with Gasteiger partial charge in [0.2, 0.25) is 0 Å². The fraction of sp³-hybridized carbons (Fsp3) is 0.200. The zero-order chi connectivity index (χ0) is 15.0. The van der Waals surface area contributed by atoms with Crippen molar-refractivity contribution in [1.82, 2.24) is 14.5 Å². The molecular formula is C15H12Cl2FN3. The number of imidazole rings is 1. The van der Waals surface area contributed by atoms with Crippen molar-refractivity contribution in [2.75, 3.05) is 0 Å². The lowest BCUT2D eigenvalue weighted by Gasteiger charge is -2.17. The largest absolute Gasteiger partial charge is 0.304 e. The molecule has 1 aromatic carbocycles. The van der Waals surface area contributed by atoms with Crippen LogP contribution in [0.25, 0.3) is 11.2 Å². The molecule has 3 aromatic rings. The fourth-order valence-corrected chi connectivity index (χ4v) is 2.76. The summed E-state index contributed by atoms with van der Waals surface area (Å²) in [6.45, 7) is 1.96. The van der Waals surface area contributed by atoms with E-state index in [9.17, 15) is 4.39 Å². The minimum absolute atomic E-state index is 0.131. The first-order valence-corrected chi connectivity index (χ1v) is 7.35. The van der Waals surface area contributed by atoms with Crippen molar-refractivity contribution in [1.29, 1.82) is 0 Å².